The molecule has 18 heavy (non-hydrogen) atoms. The molecule has 1 N–H and O–H groups in total. The number of rotatable bonds is 2. The molecule has 2 unspecified atom stereocenters. The van der Waals surface area contributed by atoms with Crippen molar-refractivity contribution in [1.82, 2.24) is 0 Å². The number of nitrogens with zero attached hydrogens (tertiary/aromatic N) is 2. The predicted molar refractivity (Wildman–Crippen MR) is 68.6 cm³/mol. The third-order valence-electron chi connectivity index (χ3n) is 2.97. The maximum atomic E-state index is 12.1. The highest BCUT2D eigenvalue weighted by Crippen LogP contribution is 2.37. The lowest BCUT2D eigenvalue weighted by atomic mass is 10.1. The molecule has 0 saturated heterocycles. The smallest absolute Gasteiger partial charge is 0.269 e. The summed E-state index contributed by atoms with van der Waals surface area (Å²) in [6.45, 7) is 3.39. The van der Waals surface area contributed by atoms with Crippen LogP contribution in [0.1, 0.15) is 13.8 Å². The van der Waals surface area contributed by atoms with Gasteiger partial charge in [-0.05, 0) is 32.0 Å². The van der Waals surface area contributed by atoms with Gasteiger partial charge in [-0.25, -0.2) is 0 Å². The van der Waals surface area contributed by atoms with Gasteiger partial charge in [0.15, 0.2) is 6.10 Å². The molecule has 1 amide bonds. The highest BCUT2D eigenvalue weighted by atomic mass is 16.5. The standard InChI is InChI=1S/C13H15N3O2/c1-8(7-14)16-11-6-10(15-3)4-5-12(11)18-9(2)13(16)17/h4-6,8-9,15H,1-3H3. The van der Waals surface area contributed by atoms with E-state index < -0.39 is 12.1 Å². The minimum Gasteiger partial charge on any atom is -0.479 e. The van der Waals surface area contributed by atoms with Crippen LogP contribution >= 0.6 is 0 Å². The Morgan fingerprint density at radius 3 is 2.89 bits per heavy atom. The van der Waals surface area contributed by atoms with Crippen LogP contribution < -0.4 is 15.0 Å². The largest absolute Gasteiger partial charge is 0.479 e. The van der Waals surface area contributed by atoms with E-state index in [1.165, 1.54) is 4.90 Å². The molecule has 2 rings (SSSR count). The Hall–Kier alpha value is -2.22. The minimum absolute atomic E-state index is 0.190. The molecule has 1 aliphatic heterocycles. The van der Waals surface area contributed by atoms with Crippen LogP contribution in [0.2, 0.25) is 0 Å². The maximum absolute atomic E-state index is 12.1. The SMILES string of the molecule is CNc1ccc2c(c1)N(C(C)C#N)C(=O)C(C)O2. The van der Waals surface area contributed by atoms with E-state index in [0.29, 0.717) is 11.4 Å². The van der Waals surface area contributed by atoms with Crippen molar-refractivity contribution in [2.45, 2.75) is 26.0 Å². The van der Waals surface area contributed by atoms with E-state index in [2.05, 4.69) is 11.4 Å². The molecular formula is C13H15N3O2. The van der Waals surface area contributed by atoms with Gasteiger partial charge < -0.3 is 10.1 Å². The van der Waals surface area contributed by atoms with Gasteiger partial charge in [-0.2, -0.15) is 5.26 Å². The van der Waals surface area contributed by atoms with Crippen LogP contribution in [-0.2, 0) is 4.79 Å². The second kappa shape index (κ2) is 4.57. The molecule has 0 aromatic heterocycles. The van der Waals surface area contributed by atoms with Crippen LogP contribution in [0.4, 0.5) is 11.4 Å². The van der Waals surface area contributed by atoms with Crippen molar-refractivity contribution in [3.8, 4) is 11.8 Å². The number of carbonyl (C=O) groups excluding carboxylic acids is 1. The number of ether oxygens (including phenoxy) is 1. The van der Waals surface area contributed by atoms with Gasteiger partial charge in [0.25, 0.3) is 5.91 Å². The fraction of sp³-hybridized carbons (Fsp3) is 0.385. The Morgan fingerprint density at radius 1 is 1.56 bits per heavy atom. The molecule has 0 spiro atoms. The summed E-state index contributed by atoms with van der Waals surface area (Å²) in [4.78, 5) is 13.6. The Morgan fingerprint density at radius 2 is 2.28 bits per heavy atom. The number of nitrogens with one attached hydrogen (secondary N) is 1. The molecule has 94 valence electrons. The van der Waals surface area contributed by atoms with E-state index in [9.17, 15) is 4.79 Å². The summed E-state index contributed by atoms with van der Waals surface area (Å²) in [5.41, 5.74) is 1.51. The molecule has 0 saturated carbocycles. The van der Waals surface area contributed by atoms with Gasteiger partial charge in [-0.1, -0.05) is 0 Å². The van der Waals surface area contributed by atoms with E-state index in [-0.39, 0.29) is 5.91 Å². The molecule has 2 atom stereocenters. The van der Waals surface area contributed by atoms with Crippen molar-refractivity contribution >= 4 is 17.3 Å². The summed E-state index contributed by atoms with van der Waals surface area (Å²) in [7, 11) is 1.80. The van der Waals surface area contributed by atoms with Crippen LogP contribution in [0.5, 0.6) is 5.75 Å². The zero-order valence-electron chi connectivity index (χ0n) is 10.6. The molecule has 0 aliphatic carbocycles. The van der Waals surface area contributed by atoms with Crippen LogP contribution in [0.15, 0.2) is 18.2 Å². The number of amides is 1. The number of anilines is 2. The third kappa shape index (κ3) is 1.86. The van der Waals surface area contributed by atoms with E-state index in [0.717, 1.165) is 5.69 Å². The van der Waals surface area contributed by atoms with Crippen LogP contribution in [0.25, 0.3) is 0 Å². The van der Waals surface area contributed by atoms with Crippen LogP contribution in [-0.4, -0.2) is 25.1 Å². The first kappa shape index (κ1) is 12.2. The molecule has 1 heterocycles. The number of fused-ring (bicyclic) bond motifs is 1. The lowest BCUT2D eigenvalue weighted by Gasteiger charge is -2.34. The summed E-state index contributed by atoms with van der Waals surface area (Å²) in [6.07, 6.45) is -0.561. The third-order valence-corrected chi connectivity index (χ3v) is 2.97. The molecular weight excluding hydrogens is 230 g/mol. The highest BCUT2D eigenvalue weighted by Gasteiger charge is 2.34. The molecule has 0 radical (unpaired) electrons. The van der Waals surface area contributed by atoms with Crippen LogP contribution in [0.3, 0.4) is 0 Å². The van der Waals surface area contributed by atoms with Crippen molar-refractivity contribution in [1.29, 1.82) is 5.26 Å². The first-order valence-corrected chi connectivity index (χ1v) is 5.79. The number of nitriles is 1. The Bertz CT molecular complexity index is 521. The van der Waals surface area contributed by atoms with Gasteiger partial charge in [0.1, 0.15) is 11.8 Å². The first-order chi connectivity index (χ1) is 8.58. The first-order valence-electron chi connectivity index (χ1n) is 5.79. The van der Waals surface area contributed by atoms with Crippen molar-refractivity contribution < 1.29 is 9.53 Å². The predicted octanol–water partition coefficient (Wildman–Crippen LogP) is 1.75. The molecule has 0 fully saturated rings. The van der Waals surface area contributed by atoms with Crippen molar-refractivity contribution in [2.75, 3.05) is 17.3 Å². The molecule has 0 bridgehead atoms. The summed E-state index contributed by atoms with van der Waals surface area (Å²) in [5, 5.41) is 12.0. The average Bonchev–Trinajstić information content (AvgIpc) is 2.39. The lowest BCUT2D eigenvalue weighted by Crippen LogP contribution is -2.48. The molecule has 1 aromatic carbocycles. The molecule has 5 heteroatoms. The minimum atomic E-state index is -0.561. The van der Waals surface area contributed by atoms with E-state index in [1.807, 2.05) is 12.1 Å². The maximum Gasteiger partial charge on any atom is 0.269 e. The highest BCUT2D eigenvalue weighted by molar-refractivity contribution is 6.01. The molecule has 1 aliphatic rings. The van der Waals surface area contributed by atoms with Crippen molar-refractivity contribution in [2.24, 2.45) is 0 Å². The summed E-state index contributed by atoms with van der Waals surface area (Å²) < 4.78 is 5.54. The lowest BCUT2D eigenvalue weighted by molar-refractivity contribution is -0.125. The number of hydrogen-bond donors (Lipinski definition) is 1. The zero-order chi connectivity index (χ0) is 13.3. The van der Waals surface area contributed by atoms with E-state index in [4.69, 9.17) is 10.00 Å². The van der Waals surface area contributed by atoms with Gasteiger partial charge in [-0.3, -0.25) is 9.69 Å². The molecule has 5 nitrogen and oxygen atoms in total. The summed E-state index contributed by atoms with van der Waals surface area (Å²) >= 11 is 0. The zero-order valence-corrected chi connectivity index (χ0v) is 10.6. The van der Waals surface area contributed by atoms with Gasteiger partial charge in [-0.15, -0.1) is 0 Å². The Balaban J connectivity index is 2.53. The van der Waals surface area contributed by atoms with Gasteiger partial charge in [0, 0.05) is 12.7 Å². The Labute approximate surface area is 106 Å². The fourth-order valence-electron chi connectivity index (χ4n) is 1.97. The summed E-state index contributed by atoms with van der Waals surface area (Å²) in [5.74, 6) is 0.438. The Kier molecular flexibility index (Phi) is 3.11. The van der Waals surface area contributed by atoms with E-state index >= 15 is 0 Å². The van der Waals surface area contributed by atoms with Gasteiger partial charge in [0.05, 0.1) is 11.8 Å². The second-order valence-electron chi connectivity index (χ2n) is 4.21. The monoisotopic (exact) mass is 245 g/mol. The number of benzene rings is 1. The quantitative estimate of drug-likeness (QED) is 0.862. The van der Waals surface area contributed by atoms with Crippen LogP contribution in [0, 0.1) is 11.3 Å². The average molecular weight is 245 g/mol. The number of hydrogen-bond acceptors (Lipinski definition) is 4. The van der Waals surface area contributed by atoms with Gasteiger partial charge in [0.2, 0.25) is 0 Å². The summed E-state index contributed by atoms with van der Waals surface area (Å²) in [6, 6.07) is 7.07. The van der Waals surface area contributed by atoms with Crippen molar-refractivity contribution in [3.05, 3.63) is 18.2 Å². The number of carbonyl (C=O) groups is 1. The van der Waals surface area contributed by atoms with E-state index in [1.54, 1.807) is 27.0 Å². The topological polar surface area (TPSA) is 65.4 Å². The normalized spacial score (nSPS) is 19.6. The van der Waals surface area contributed by atoms with Crippen molar-refractivity contribution in [3.63, 3.8) is 0 Å². The van der Waals surface area contributed by atoms with Gasteiger partial charge >= 0.3 is 0 Å². The fourth-order valence-corrected chi connectivity index (χ4v) is 1.97. The second-order valence-corrected chi connectivity index (χ2v) is 4.21. The molecule has 1 aromatic rings.